The highest BCUT2D eigenvalue weighted by atomic mass is 79.9. The fraction of sp³-hybridized carbons (Fsp3) is 0.154. The fourth-order valence-electron chi connectivity index (χ4n) is 3.35. The van der Waals surface area contributed by atoms with E-state index >= 15 is 0 Å². The number of carbonyl (C=O) groups is 1. The number of amidine groups is 1. The van der Waals surface area contributed by atoms with Gasteiger partial charge >= 0.3 is 0 Å². The Morgan fingerprint density at radius 3 is 2.34 bits per heavy atom. The molecule has 1 aliphatic heterocycles. The molecule has 1 aliphatic rings. The molecule has 1 fully saturated rings. The van der Waals surface area contributed by atoms with Gasteiger partial charge in [-0.15, -0.1) is 0 Å². The average Bonchev–Trinajstić information content (AvgIpc) is 3.14. The second kappa shape index (κ2) is 11.0. The summed E-state index contributed by atoms with van der Waals surface area (Å²) in [4.78, 5) is 19.6. The molecule has 3 aromatic rings. The number of likely N-dealkylation sites (N-methyl/N-ethyl adjacent to an activating group) is 1. The minimum atomic E-state index is -0.346. The number of benzene rings is 3. The number of ether oxygens (including phenoxy) is 2. The highest BCUT2D eigenvalue weighted by Gasteiger charge is 2.32. The van der Waals surface area contributed by atoms with Crippen LogP contribution in [-0.2, 0) is 11.4 Å². The fourth-order valence-corrected chi connectivity index (χ4v) is 4.98. The van der Waals surface area contributed by atoms with Gasteiger partial charge < -0.3 is 9.47 Å². The third-order valence-corrected chi connectivity index (χ3v) is 6.70. The van der Waals surface area contributed by atoms with Crippen molar-refractivity contribution < 1.29 is 23.0 Å². The number of amides is 1. The lowest BCUT2D eigenvalue weighted by Gasteiger charge is -2.14. The quantitative estimate of drug-likeness (QED) is 0.295. The maximum atomic E-state index is 13.2. The number of nitrogens with zero attached hydrogens (tertiary/aromatic N) is 2. The van der Waals surface area contributed by atoms with E-state index < -0.39 is 0 Å². The number of rotatable bonds is 7. The summed E-state index contributed by atoms with van der Waals surface area (Å²) < 4.78 is 38.4. The van der Waals surface area contributed by atoms with Crippen LogP contribution in [0.2, 0.25) is 0 Å². The first-order chi connectivity index (χ1) is 16.9. The molecule has 0 aliphatic carbocycles. The maximum Gasteiger partial charge on any atom is 0.266 e. The molecule has 35 heavy (non-hydrogen) atoms. The number of hydrogen-bond donors (Lipinski definition) is 0. The van der Waals surface area contributed by atoms with E-state index in [4.69, 9.17) is 9.47 Å². The van der Waals surface area contributed by atoms with E-state index in [0.717, 1.165) is 11.1 Å². The molecular weight excluding hydrogens is 538 g/mol. The van der Waals surface area contributed by atoms with Gasteiger partial charge in [0.2, 0.25) is 0 Å². The van der Waals surface area contributed by atoms with Crippen molar-refractivity contribution in [3.63, 3.8) is 0 Å². The molecule has 1 saturated heterocycles. The molecule has 1 amide bonds. The third-order valence-electron chi connectivity index (χ3n) is 5.10. The number of hydrogen-bond acceptors (Lipinski definition) is 5. The van der Waals surface area contributed by atoms with Crippen LogP contribution in [0.4, 0.5) is 14.5 Å². The number of thioether (sulfide) groups is 1. The topological polar surface area (TPSA) is 51.1 Å². The normalized spacial score (nSPS) is 15.8. The lowest BCUT2D eigenvalue weighted by molar-refractivity contribution is -0.122. The molecule has 0 radical (unpaired) electrons. The first-order valence-corrected chi connectivity index (χ1v) is 12.3. The molecule has 0 spiro atoms. The van der Waals surface area contributed by atoms with Crippen LogP contribution in [0.25, 0.3) is 6.08 Å². The highest BCUT2D eigenvalue weighted by Crippen LogP contribution is 2.40. The van der Waals surface area contributed by atoms with E-state index in [-0.39, 0.29) is 24.1 Å². The largest absolute Gasteiger partial charge is 0.493 e. The molecule has 3 aromatic carbocycles. The zero-order chi connectivity index (χ0) is 24.9. The molecule has 5 nitrogen and oxygen atoms in total. The minimum absolute atomic E-state index is 0.162. The Morgan fingerprint density at radius 2 is 1.71 bits per heavy atom. The molecule has 0 bridgehead atoms. The Hall–Kier alpha value is -3.17. The minimum Gasteiger partial charge on any atom is -0.493 e. The van der Waals surface area contributed by atoms with Gasteiger partial charge in [0.15, 0.2) is 16.7 Å². The number of methoxy groups -OCH3 is 1. The smallest absolute Gasteiger partial charge is 0.266 e. The van der Waals surface area contributed by atoms with Crippen LogP contribution in [-0.4, -0.2) is 29.6 Å². The summed E-state index contributed by atoms with van der Waals surface area (Å²) in [6.45, 7) is 2.56. The van der Waals surface area contributed by atoms with Crippen molar-refractivity contribution in [3.05, 3.63) is 92.8 Å². The molecule has 1 heterocycles. The summed E-state index contributed by atoms with van der Waals surface area (Å²) in [5.74, 6) is 0.165. The number of halogens is 3. The van der Waals surface area contributed by atoms with E-state index in [1.165, 1.54) is 43.1 Å². The van der Waals surface area contributed by atoms with Gasteiger partial charge in [-0.3, -0.25) is 9.69 Å². The Morgan fingerprint density at radius 1 is 1.06 bits per heavy atom. The number of aliphatic imine (C=N–C) groups is 1. The van der Waals surface area contributed by atoms with Crippen LogP contribution >= 0.6 is 27.7 Å². The molecule has 0 N–H and O–H groups in total. The van der Waals surface area contributed by atoms with Crippen molar-refractivity contribution >= 4 is 50.5 Å². The summed E-state index contributed by atoms with van der Waals surface area (Å²) >= 11 is 4.78. The van der Waals surface area contributed by atoms with Gasteiger partial charge in [-0.2, -0.15) is 0 Å². The van der Waals surface area contributed by atoms with Gasteiger partial charge in [-0.05, 0) is 100 Å². The van der Waals surface area contributed by atoms with E-state index in [1.54, 1.807) is 41.3 Å². The van der Waals surface area contributed by atoms with Crippen molar-refractivity contribution in [2.75, 3.05) is 13.7 Å². The zero-order valence-electron chi connectivity index (χ0n) is 18.9. The summed E-state index contributed by atoms with van der Waals surface area (Å²) in [6.07, 6.45) is 1.76. The van der Waals surface area contributed by atoms with Crippen LogP contribution in [0.1, 0.15) is 18.1 Å². The molecule has 0 saturated carbocycles. The first kappa shape index (κ1) is 24.9. The molecular formula is C26H21BrF2N2O3S. The van der Waals surface area contributed by atoms with Gasteiger partial charge in [-0.1, -0.05) is 12.1 Å². The summed E-state index contributed by atoms with van der Waals surface area (Å²) in [7, 11) is 1.53. The lowest BCUT2D eigenvalue weighted by Crippen LogP contribution is -2.28. The van der Waals surface area contributed by atoms with Gasteiger partial charge in [0.1, 0.15) is 18.2 Å². The van der Waals surface area contributed by atoms with Crippen LogP contribution in [0.15, 0.2) is 75.0 Å². The van der Waals surface area contributed by atoms with Crippen molar-refractivity contribution in [2.24, 2.45) is 4.99 Å². The van der Waals surface area contributed by atoms with Crippen LogP contribution in [0.3, 0.4) is 0 Å². The van der Waals surface area contributed by atoms with E-state index in [2.05, 4.69) is 20.9 Å². The van der Waals surface area contributed by atoms with Gasteiger partial charge in [0.25, 0.3) is 5.91 Å². The second-order valence-corrected chi connectivity index (χ2v) is 9.34. The van der Waals surface area contributed by atoms with Crippen molar-refractivity contribution in [2.45, 2.75) is 13.5 Å². The Bertz CT molecular complexity index is 1300. The number of carbonyl (C=O) groups excluding carboxylic acids is 1. The summed E-state index contributed by atoms with van der Waals surface area (Å²) in [5.41, 5.74) is 2.11. The van der Waals surface area contributed by atoms with Gasteiger partial charge in [0, 0.05) is 6.54 Å². The molecule has 0 aromatic heterocycles. The van der Waals surface area contributed by atoms with E-state index in [0.29, 0.717) is 38.3 Å². The Labute approximate surface area is 214 Å². The first-order valence-electron chi connectivity index (χ1n) is 10.7. The predicted molar refractivity (Wildman–Crippen MR) is 138 cm³/mol. The highest BCUT2D eigenvalue weighted by molar-refractivity contribution is 9.10. The second-order valence-electron chi connectivity index (χ2n) is 7.48. The molecule has 4 rings (SSSR count). The standard InChI is InChI=1S/C26H21BrF2N2O3S/c1-3-31-25(32)23(35-26(31)30-20-10-8-19(29)9-11-20)14-17-12-21(27)24(22(13-17)33-2)34-15-16-4-6-18(28)7-5-16/h4-14H,3,15H2,1-2H3/b23-14+,30-26?. The molecule has 0 unspecified atom stereocenters. The average molecular weight is 559 g/mol. The summed E-state index contributed by atoms with van der Waals surface area (Å²) in [5, 5.41) is 0.528. The van der Waals surface area contributed by atoms with Crippen molar-refractivity contribution in [1.82, 2.24) is 4.90 Å². The summed E-state index contributed by atoms with van der Waals surface area (Å²) in [6, 6.07) is 15.5. The molecule has 0 atom stereocenters. The van der Waals surface area contributed by atoms with E-state index in [1.807, 2.05) is 13.0 Å². The predicted octanol–water partition coefficient (Wildman–Crippen LogP) is 6.94. The van der Waals surface area contributed by atoms with Crippen LogP contribution in [0.5, 0.6) is 11.5 Å². The van der Waals surface area contributed by atoms with Gasteiger partial charge in [0.05, 0.1) is 22.2 Å². The van der Waals surface area contributed by atoms with Crippen LogP contribution < -0.4 is 9.47 Å². The Balaban J connectivity index is 1.58. The molecule has 180 valence electrons. The Kier molecular flexibility index (Phi) is 7.87. The monoisotopic (exact) mass is 558 g/mol. The molecule has 9 heteroatoms. The van der Waals surface area contributed by atoms with Crippen LogP contribution in [0, 0.1) is 11.6 Å². The van der Waals surface area contributed by atoms with Crippen molar-refractivity contribution in [3.8, 4) is 11.5 Å². The van der Waals surface area contributed by atoms with Crippen molar-refractivity contribution in [1.29, 1.82) is 0 Å². The van der Waals surface area contributed by atoms with Gasteiger partial charge in [-0.25, -0.2) is 13.8 Å². The zero-order valence-corrected chi connectivity index (χ0v) is 21.3. The third kappa shape index (κ3) is 5.91. The van der Waals surface area contributed by atoms with E-state index in [9.17, 15) is 13.6 Å². The SMILES string of the molecule is CCN1C(=O)/C(=C\c2cc(Br)c(OCc3ccc(F)cc3)c(OC)c2)SC1=Nc1ccc(F)cc1. The maximum absolute atomic E-state index is 13.2. The lowest BCUT2D eigenvalue weighted by atomic mass is 10.1.